The molecule has 1 aliphatic rings. The van der Waals surface area contributed by atoms with Crippen molar-refractivity contribution in [3.05, 3.63) is 35.6 Å². The fourth-order valence-corrected chi connectivity index (χ4v) is 3.46. The zero-order valence-electron chi connectivity index (χ0n) is 11.5. The monoisotopic (exact) mass is 250 g/mol. The second kappa shape index (κ2) is 5.00. The first-order valence-corrected chi connectivity index (χ1v) is 6.92. The molecule has 2 rings (SSSR count). The van der Waals surface area contributed by atoms with Crippen LogP contribution < -0.4 is 0 Å². The summed E-state index contributed by atoms with van der Waals surface area (Å²) in [4.78, 5) is 0. The summed E-state index contributed by atoms with van der Waals surface area (Å²) in [5, 5.41) is 11.1. The molecule has 1 saturated carbocycles. The molecule has 1 aromatic rings. The summed E-state index contributed by atoms with van der Waals surface area (Å²) in [7, 11) is 0. The summed E-state index contributed by atoms with van der Waals surface area (Å²) < 4.78 is 13.4. The van der Waals surface area contributed by atoms with Crippen molar-refractivity contribution in [3.63, 3.8) is 0 Å². The van der Waals surface area contributed by atoms with Gasteiger partial charge in [-0.15, -0.1) is 0 Å². The molecule has 1 aromatic carbocycles. The number of hydrogen-bond acceptors (Lipinski definition) is 1. The molecule has 1 fully saturated rings. The van der Waals surface area contributed by atoms with Crippen molar-refractivity contribution in [3.8, 4) is 0 Å². The Hall–Kier alpha value is -0.890. The van der Waals surface area contributed by atoms with Crippen LogP contribution in [-0.4, -0.2) is 5.11 Å². The van der Waals surface area contributed by atoms with Gasteiger partial charge in [-0.05, 0) is 48.3 Å². The van der Waals surface area contributed by atoms with E-state index in [0.717, 1.165) is 24.8 Å². The first kappa shape index (κ1) is 13.5. The molecule has 1 nitrogen and oxygen atoms in total. The van der Waals surface area contributed by atoms with Gasteiger partial charge in [0.1, 0.15) is 5.82 Å². The van der Waals surface area contributed by atoms with Crippen LogP contribution in [0.4, 0.5) is 4.39 Å². The van der Waals surface area contributed by atoms with Crippen molar-refractivity contribution in [2.24, 2.45) is 17.8 Å². The Labute approximate surface area is 109 Å². The lowest BCUT2D eigenvalue weighted by atomic mass is 9.64. The molecule has 0 bridgehead atoms. The van der Waals surface area contributed by atoms with E-state index in [-0.39, 0.29) is 11.7 Å². The second-order valence-electron chi connectivity index (χ2n) is 6.17. The Morgan fingerprint density at radius 1 is 1.33 bits per heavy atom. The number of aliphatic hydroxyl groups is 1. The molecule has 0 saturated heterocycles. The van der Waals surface area contributed by atoms with Gasteiger partial charge in [-0.2, -0.15) is 0 Å². The van der Waals surface area contributed by atoms with Gasteiger partial charge in [0.2, 0.25) is 0 Å². The maximum absolute atomic E-state index is 13.4. The number of hydrogen-bond donors (Lipinski definition) is 1. The molecule has 0 aliphatic heterocycles. The maximum Gasteiger partial charge on any atom is 0.123 e. The van der Waals surface area contributed by atoms with Crippen molar-refractivity contribution in [1.29, 1.82) is 0 Å². The minimum Gasteiger partial charge on any atom is -0.385 e. The van der Waals surface area contributed by atoms with E-state index in [4.69, 9.17) is 0 Å². The Morgan fingerprint density at radius 2 is 2.06 bits per heavy atom. The SMILES string of the molecule is CC1CCC(C(C)C)C(O)(c2cccc(F)c2)C1. The minimum absolute atomic E-state index is 0.218. The number of benzene rings is 1. The molecule has 0 heterocycles. The third-order valence-corrected chi connectivity index (χ3v) is 4.37. The normalized spacial score (nSPS) is 32.8. The quantitative estimate of drug-likeness (QED) is 0.837. The van der Waals surface area contributed by atoms with Gasteiger partial charge in [0, 0.05) is 0 Å². The highest BCUT2D eigenvalue weighted by molar-refractivity contribution is 5.25. The van der Waals surface area contributed by atoms with Gasteiger partial charge in [-0.25, -0.2) is 4.39 Å². The molecule has 0 amide bonds. The fraction of sp³-hybridized carbons (Fsp3) is 0.625. The van der Waals surface area contributed by atoms with Crippen molar-refractivity contribution < 1.29 is 9.50 Å². The summed E-state index contributed by atoms with van der Waals surface area (Å²) in [6, 6.07) is 6.48. The molecule has 0 aromatic heterocycles. The Bertz CT molecular complexity index is 415. The van der Waals surface area contributed by atoms with Crippen LogP contribution in [0.3, 0.4) is 0 Å². The van der Waals surface area contributed by atoms with Gasteiger partial charge in [-0.3, -0.25) is 0 Å². The van der Waals surface area contributed by atoms with E-state index >= 15 is 0 Å². The molecule has 100 valence electrons. The number of halogens is 1. The highest BCUT2D eigenvalue weighted by Gasteiger charge is 2.44. The van der Waals surface area contributed by atoms with E-state index in [1.807, 2.05) is 6.07 Å². The molecule has 1 aliphatic carbocycles. The fourth-order valence-electron chi connectivity index (χ4n) is 3.46. The number of rotatable bonds is 2. The molecular weight excluding hydrogens is 227 g/mol. The van der Waals surface area contributed by atoms with Crippen LogP contribution in [0.1, 0.15) is 45.6 Å². The minimum atomic E-state index is -0.867. The zero-order chi connectivity index (χ0) is 13.3. The lowest BCUT2D eigenvalue weighted by Crippen LogP contribution is -2.43. The highest BCUT2D eigenvalue weighted by Crippen LogP contribution is 2.47. The van der Waals surface area contributed by atoms with Crippen LogP contribution in [-0.2, 0) is 5.60 Å². The van der Waals surface area contributed by atoms with Crippen LogP contribution in [0.15, 0.2) is 24.3 Å². The molecule has 1 N–H and O–H groups in total. The highest BCUT2D eigenvalue weighted by atomic mass is 19.1. The van der Waals surface area contributed by atoms with Gasteiger partial charge in [-0.1, -0.05) is 39.3 Å². The van der Waals surface area contributed by atoms with Crippen molar-refractivity contribution in [2.45, 2.75) is 45.6 Å². The first-order valence-electron chi connectivity index (χ1n) is 6.92. The van der Waals surface area contributed by atoms with Crippen molar-refractivity contribution >= 4 is 0 Å². The molecule has 2 heteroatoms. The third-order valence-electron chi connectivity index (χ3n) is 4.37. The maximum atomic E-state index is 13.4. The smallest absolute Gasteiger partial charge is 0.123 e. The van der Waals surface area contributed by atoms with Gasteiger partial charge in [0.25, 0.3) is 0 Å². The topological polar surface area (TPSA) is 20.2 Å². The standard InChI is InChI=1S/C16H23FO/c1-11(2)15-8-7-12(3)10-16(15,18)13-5-4-6-14(17)9-13/h4-6,9,11-12,15,18H,7-8,10H2,1-3H3. The summed E-state index contributed by atoms with van der Waals surface area (Å²) >= 11 is 0. The second-order valence-corrected chi connectivity index (χ2v) is 6.17. The zero-order valence-corrected chi connectivity index (χ0v) is 11.5. The summed E-state index contributed by atoms with van der Waals surface area (Å²) in [6.07, 6.45) is 2.91. The lowest BCUT2D eigenvalue weighted by Gasteiger charge is -2.45. The molecule has 3 unspecified atom stereocenters. The largest absolute Gasteiger partial charge is 0.385 e. The Morgan fingerprint density at radius 3 is 2.67 bits per heavy atom. The summed E-state index contributed by atoms with van der Waals surface area (Å²) in [5.41, 5.74) is -0.124. The van der Waals surface area contributed by atoms with Crippen LogP contribution in [0.2, 0.25) is 0 Å². The van der Waals surface area contributed by atoms with Gasteiger partial charge < -0.3 is 5.11 Å². The average molecular weight is 250 g/mol. The van der Waals surface area contributed by atoms with Crippen molar-refractivity contribution in [2.75, 3.05) is 0 Å². The van der Waals surface area contributed by atoms with Crippen LogP contribution in [0, 0.1) is 23.6 Å². The molecule has 0 radical (unpaired) electrons. The van der Waals surface area contributed by atoms with E-state index in [0.29, 0.717) is 11.8 Å². The van der Waals surface area contributed by atoms with E-state index in [9.17, 15) is 9.50 Å². The van der Waals surface area contributed by atoms with E-state index in [1.54, 1.807) is 6.07 Å². The van der Waals surface area contributed by atoms with E-state index in [1.165, 1.54) is 12.1 Å². The van der Waals surface area contributed by atoms with Crippen molar-refractivity contribution in [1.82, 2.24) is 0 Å². The molecule has 3 atom stereocenters. The van der Waals surface area contributed by atoms with Crippen LogP contribution in [0.25, 0.3) is 0 Å². The average Bonchev–Trinajstić information content (AvgIpc) is 2.28. The third kappa shape index (κ3) is 2.44. The summed E-state index contributed by atoms with van der Waals surface area (Å²) in [6.45, 7) is 6.46. The predicted molar refractivity (Wildman–Crippen MR) is 71.6 cm³/mol. The first-order chi connectivity index (χ1) is 8.43. The van der Waals surface area contributed by atoms with E-state index < -0.39 is 5.60 Å². The Balaban J connectivity index is 2.40. The lowest BCUT2D eigenvalue weighted by molar-refractivity contribution is -0.0867. The van der Waals surface area contributed by atoms with Gasteiger partial charge in [0.15, 0.2) is 0 Å². The molecule has 0 spiro atoms. The van der Waals surface area contributed by atoms with E-state index in [2.05, 4.69) is 20.8 Å². The Kier molecular flexibility index (Phi) is 3.76. The summed E-state index contributed by atoms with van der Waals surface area (Å²) in [5.74, 6) is 0.858. The van der Waals surface area contributed by atoms with Gasteiger partial charge in [0.05, 0.1) is 5.60 Å². The van der Waals surface area contributed by atoms with Crippen LogP contribution in [0.5, 0.6) is 0 Å². The van der Waals surface area contributed by atoms with Gasteiger partial charge >= 0.3 is 0 Å². The predicted octanol–water partition coefficient (Wildman–Crippen LogP) is 4.11. The molecule has 18 heavy (non-hydrogen) atoms. The van der Waals surface area contributed by atoms with Crippen LogP contribution >= 0.6 is 0 Å². The molecular formula is C16H23FO.